The van der Waals surface area contributed by atoms with Gasteiger partial charge in [-0.1, -0.05) is 17.7 Å². The Morgan fingerprint density at radius 1 is 1.50 bits per heavy atom. The van der Waals surface area contributed by atoms with Crippen molar-refractivity contribution in [1.82, 2.24) is 4.90 Å². The fourth-order valence-electron chi connectivity index (χ4n) is 1.97. The van der Waals surface area contributed by atoms with E-state index in [2.05, 4.69) is 4.90 Å². The van der Waals surface area contributed by atoms with Gasteiger partial charge in [-0.05, 0) is 12.1 Å². The number of hydrogen-bond acceptors (Lipinski definition) is 3. The topological polar surface area (TPSA) is 38.5 Å². The second kappa shape index (κ2) is 7.26. The first kappa shape index (κ1) is 15.7. The minimum absolute atomic E-state index is 0. The van der Waals surface area contributed by atoms with Crippen molar-refractivity contribution >= 4 is 24.0 Å². The van der Waals surface area contributed by atoms with E-state index >= 15 is 0 Å². The summed E-state index contributed by atoms with van der Waals surface area (Å²) in [7, 11) is 0. The third-order valence-electron chi connectivity index (χ3n) is 2.93. The van der Waals surface area contributed by atoms with E-state index in [1.165, 1.54) is 6.07 Å². The minimum atomic E-state index is -0.256. The van der Waals surface area contributed by atoms with Crippen LogP contribution in [0.4, 0.5) is 4.39 Å². The summed E-state index contributed by atoms with van der Waals surface area (Å²) in [6, 6.07) is 4.76. The van der Waals surface area contributed by atoms with E-state index in [4.69, 9.17) is 22.1 Å². The van der Waals surface area contributed by atoms with E-state index in [1.54, 1.807) is 12.1 Å². The predicted octanol–water partition coefficient (Wildman–Crippen LogP) is 2.06. The van der Waals surface area contributed by atoms with Gasteiger partial charge in [0, 0.05) is 36.8 Å². The molecule has 0 spiro atoms. The Morgan fingerprint density at radius 2 is 2.28 bits per heavy atom. The van der Waals surface area contributed by atoms with E-state index in [0.717, 1.165) is 13.1 Å². The molecule has 1 atom stereocenters. The molecule has 1 unspecified atom stereocenters. The lowest BCUT2D eigenvalue weighted by molar-refractivity contribution is -0.0263. The Bertz CT molecular complexity index is 372. The lowest BCUT2D eigenvalue weighted by Crippen LogP contribution is -2.45. The molecule has 1 aliphatic heterocycles. The van der Waals surface area contributed by atoms with Crippen molar-refractivity contribution in [2.24, 2.45) is 5.73 Å². The summed E-state index contributed by atoms with van der Waals surface area (Å²) in [6.07, 6.45) is 0.0364. The number of rotatable bonds is 3. The Kier molecular flexibility index (Phi) is 6.32. The summed E-state index contributed by atoms with van der Waals surface area (Å²) in [5, 5.41) is 0.473. The SMILES string of the molecule is Cl.NCC1CN(Cc2c(F)cccc2Cl)CCO1. The highest BCUT2D eigenvalue weighted by molar-refractivity contribution is 6.31. The molecule has 0 bridgehead atoms. The van der Waals surface area contributed by atoms with Crippen molar-refractivity contribution in [1.29, 1.82) is 0 Å². The zero-order valence-corrected chi connectivity index (χ0v) is 11.5. The molecule has 1 aliphatic rings. The molecule has 1 heterocycles. The highest BCUT2D eigenvalue weighted by Gasteiger charge is 2.20. The smallest absolute Gasteiger partial charge is 0.129 e. The number of morpholine rings is 1. The summed E-state index contributed by atoms with van der Waals surface area (Å²) in [4.78, 5) is 2.12. The van der Waals surface area contributed by atoms with Gasteiger partial charge in [-0.25, -0.2) is 4.39 Å². The molecule has 1 fully saturated rings. The second-order valence-electron chi connectivity index (χ2n) is 4.16. The lowest BCUT2D eigenvalue weighted by Gasteiger charge is -2.32. The molecule has 0 amide bonds. The highest BCUT2D eigenvalue weighted by atomic mass is 35.5. The van der Waals surface area contributed by atoms with Gasteiger partial charge in [-0.15, -0.1) is 12.4 Å². The van der Waals surface area contributed by atoms with Crippen molar-refractivity contribution in [3.05, 3.63) is 34.6 Å². The first-order chi connectivity index (χ1) is 8.20. The van der Waals surface area contributed by atoms with Gasteiger partial charge >= 0.3 is 0 Å². The van der Waals surface area contributed by atoms with Crippen molar-refractivity contribution in [2.45, 2.75) is 12.6 Å². The van der Waals surface area contributed by atoms with Gasteiger partial charge in [0.15, 0.2) is 0 Å². The van der Waals surface area contributed by atoms with E-state index < -0.39 is 0 Å². The Hall–Kier alpha value is -0.390. The maximum absolute atomic E-state index is 13.6. The molecule has 2 N–H and O–H groups in total. The molecule has 3 nitrogen and oxygen atoms in total. The summed E-state index contributed by atoms with van der Waals surface area (Å²) >= 11 is 6.00. The molecular formula is C12H17Cl2FN2O. The second-order valence-corrected chi connectivity index (χ2v) is 4.57. The van der Waals surface area contributed by atoms with Crippen LogP contribution in [0.2, 0.25) is 5.02 Å². The van der Waals surface area contributed by atoms with Crippen LogP contribution in [-0.4, -0.2) is 37.2 Å². The fraction of sp³-hybridized carbons (Fsp3) is 0.500. The highest BCUT2D eigenvalue weighted by Crippen LogP contribution is 2.21. The van der Waals surface area contributed by atoms with Crippen molar-refractivity contribution in [3.8, 4) is 0 Å². The Morgan fingerprint density at radius 3 is 2.94 bits per heavy atom. The first-order valence-electron chi connectivity index (χ1n) is 5.67. The summed E-state index contributed by atoms with van der Waals surface area (Å²) in [6.45, 7) is 3.13. The normalized spacial score (nSPS) is 20.5. The molecule has 0 aliphatic carbocycles. The largest absolute Gasteiger partial charge is 0.374 e. The molecule has 0 aromatic heterocycles. The first-order valence-corrected chi connectivity index (χ1v) is 6.05. The van der Waals surface area contributed by atoms with Gasteiger partial charge in [0.05, 0.1) is 12.7 Å². The summed E-state index contributed by atoms with van der Waals surface area (Å²) in [5.74, 6) is -0.256. The zero-order chi connectivity index (χ0) is 12.3. The predicted molar refractivity (Wildman–Crippen MR) is 72.7 cm³/mol. The lowest BCUT2D eigenvalue weighted by atomic mass is 10.1. The van der Waals surface area contributed by atoms with Gasteiger partial charge in [0.1, 0.15) is 5.82 Å². The minimum Gasteiger partial charge on any atom is -0.374 e. The molecule has 0 saturated carbocycles. The van der Waals surface area contributed by atoms with Crippen molar-refractivity contribution < 1.29 is 9.13 Å². The van der Waals surface area contributed by atoms with Crippen LogP contribution in [0, 0.1) is 5.82 Å². The zero-order valence-electron chi connectivity index (χ0n) is 9.94. The van der Waals surface area contributed by atoms with E-state index in [-0.39, 0.29) is 24.3 Å². The Labute approximate surface area is 117 Å². The van der Waals surface area contributed by atoms with E-state index in [1.807, 2.05) is 0 Å². The van der Waals surface area contributed by atoms with Gasteiger partial charge in [0.2, 0.25) is 0 Å². The van der Waals surface area contributed by atoms with Crippen LogP contribution in [0.3, 0.4) is 0 Å². The van der Waals surface area contributed by atoms with Gasteiger partial charge in [-0.2, -0.15) is 0 Å². The van der Waals surface area contributed by atoms with Crippen LogP contribution >= 0.6 is 24.0 Å². The molecule has 102 valence electrons. The summed E-state index contributed by atoms with van der Waals surface area (Å²) in [5.41, 5.74) is 6.11. The number of halogens is 3. The average Bonchev–Trinajstić information content (AvgIpc) is 2.34. The standard InChI is InChI=1S/C12H16ClFN2O.ClH/c13-11-2-1-3-12(14)10(11)8-16-4-5-17-9(6-15)7-16;/h1-3,9H,4-8,15H2;1H. The summed E-state index contributed by atoms with van der Waals surface area (Å²) < 4.78 is 19.1. The molecule has 2 rings (SSSR count). The molecule has 1 aromatic rings. The van der Waals surface area contributed by atoms with Crippen LogP contribution in [-0.2, 0) is 11.3 Å². The third kappa shape index (κ3) is 3.80. The van der Waals surface area contributed by atoms with Gasteiger partial charge < -0.3 is 10.5 Å². The third-order valence-corrected chi connectivity index (χ3v) is 3.28. The quantitative estimate of drug-likeness (QED) is 0.927. The molecule has 0 radical (unpaired) electrons. The average molecular weight is 295 g/mol. The number of hydrogen-bond donors (Lipinski definition) is 1. The van der Waals surface area contributed by atoms with Gasteiger partial charge in [0.25, 0.3) is 0 Å². The molecule has 1 saturated heterocycles. The van der Waals surface area contributed by atoms with E-state index in [9.17, 15) is 4.39 Å². The molecular weight excluding hydrogens is 278 g/mol. The number of nitrogens with two attached hydrogens (primary N) is 1. The molecule has 6 heteroatoms. The van der Waals surface area contributed by atoms with Gasteiger partial charge in [-0.3, -0.25) is 4.90 Å². The maximum Gasteiger partial charge on any atom is 0.129 e. The van der Waals surface area contributed by atoms with E-state index in [0.29, 0.717) is 30.3 Å². The number of ether oxygens (including phenoxy) is 1. The van der Waals surface area contributed by atoms with Crippen LogP contribution in [0.15, 0.2) is 18.2 Å². The monoisotopic (exact) mass is 294 g/mol. The van der Waals surface area contributed by atoms with Crippen LogP contribution in [0.1, 0.15) is 5.56 Å². The van der Waals surface area contributed by atoms with Crippen LogP contribution < -0.4 is 5.73 Å². The van der Waals surface area contributed by atoms with Crippen molar-refractivity contribution in [2.75, 3.05) is 26.2 Å². The molecule has 18 heavy (non-hydrogen) atoms. The number of benzene rings is 1. The maximum atomic E-state index is 13.6. The van der Waals surface area contributed by atoms with Crippen LogP contribution in [0.5, 0.6) is 0 Å². The molecule has 1 aromatic carbocycles. The fourth-order valence-corrected chi connectivity index (χ4v) is 2.20. The van der Waals surface area contributed by atoms with Crippen molar-refractivity contribution in [3.63, 3.8) is 0 Å². The Balaban J connectivity index is 0.00000162. The number of nitrogens with zero attached hydrogens (tertiary/aromatic N) is 1. The van der Waals surface area contributed by atoms with Crippen LogP contribution in [0.25, 0.3) is 0 Å².